The highest BCUT2D eigenvalue weighted by Crippen LogP contribution is 2.37. The summed E-state index contributed by atoms with van der Waals surface area (Å²) < 4.78 is 75.9. The summed E-state index contributed by atoms with van der Waals surface area (Å²) in [6.07, 6.45) is 0.818. The largest absolute Gasteiger partial charge is 0.495 e. The molecule has 4 rings (SSSR count). The number of benzene rings is 3. The Morgan fingerprint density at radius 1 is 1.06 bits per heavy atom. The number of pyridine rings is 1. The van der Waals surface area contributed by atoms with Gasteiger partial charge >= 0.3 is 6.55 Å². The number of anilines is 1. The molecular weight excluding hydrogens is 645 g/mol. The number of halogens is 6. The average molecular weight is 674 g/mol. The van der Waals surface area contributed by atoms with Crippen LogP contribution in [0.15, 0.2) is 65.7 Å². The number of carbonyl (C=O) groups excluding carboxylic acids is 2. The third kappa shape index (κ3) is 7.51. The van der Waals surface area contributed by atoms with Crippen molar-refractivity contribution in [2.24, 2.45) is 10.7 Å². The molecule has 1 heterocycles. The van der Waals surface area contributed by atoms with E-state index in [1.165, 1.54) is 39.2 Å². The molecule has 0 saturated carbocycles. The Hall–Kier alpha value is -5.04. The zero-order chi connectivity index (χ0) is 34.6. The van der Waals surface area contributed by atoms with Gasteiger partial charge in [0.05, 0.1) is 28.9 Å². The molecule has 5 N–H and O–H groups in total. The van der Waals surface area contributed by atoms with Gasteiger partial charge in [-0.2, -0.15) is 8.78 Å². The van der Waals surface area contributed by atoms with Gasteiger partial charge in [-0.25, -0.2) is 23.1 Å². The van der Waals surface area contributed by atoms with Gasteiger partial charge in [-0.3, -0.25) is 9.59 Å². The van der Waals surface area contributed by atoms with Crippen LogP contribution in [-0.4, -0.2) is 43.2 Å². The maximum Gasteiger partial charge on any atom is 0.331 e. The number of nitrogens with one attached hydrogen (secondary N) is 1. The predicted octanol–water partition coefficient (Wildman–Crippen LogP) is 6.38. The van der Waals surface area contributed by atoms with E-state index in [0.29, 0.717) is 11.6 Å². The molecule has 0 saturated heterocycles. The fourth-order valence-corrected chi connectivity index (χ4v) is 4.93. The number of hydrogen-bond donors (Lipinski definition) is 3. The molecular formula is C33H29ClF5N5O3. The fraction of sp³-hybridized carbons (Fsp3) is 0.212. The van der Waals surface area contributed by atoms with Gasteiger partial charge in [0.1, 0.15) is 23.1 Å². The molecule has 4 aromatic rings. The number of amides is 2. The van der Waals surface area contributed by atoms with Crippen molar-refractivity contribution in [1.29, 1.82) is 0 Å². The van der Waals surface area contributed by atoms with E-state index in [4.69, 9.17) is 27.8 Å². The number of nitrogen functional groups attached to an aromatic ring is 1. The van der Waals surface area contributed by atoms with Crippen LogP contribution in [0.1, 0.15) is 52.5 Å². The predicted molar refractivity (Wildman–Crippen MR) is 168 cm³/mol. The minimum absolute atomic E-state index is 0.00934. The summed E-state index contributed by atoms with van der Waals surface area (Å²) in [4.78, 5) is 33.3. The summed E-state index contributed by atoms with van der Waals surface area (Å²) in [5, 5.41) is 2.25. The molecule has 0 spiro atoms. The molecule has 3 aromatic carbocycles. The molecule has 1 atom stereocenters. The summed E-state index contributed by atoms with van der Waals surface area (Å²) in [5.41, 5.74) is 9.36. The van der Waals surface area contributed by atoms with Crippen LogP contribution in [0.5, 0.6) is 5.75 Å². The van der Waals surface area contributed by atoms with Crippen LogP contribution in [-0.2, 0) is 10.2 Å². The molecule has 0 aliphatic heterocycles. The molecule has 1 unspecified atom stereocenters. The number of rotatable bonds is 11. The van der Waals surface area contributed by atoms with Gasteiger partial charge in [0, 0.05) is 47.0 Å². The highest BCUT2D eigenvalue weighted by atomic mass is 35.5. The number of aromatic nitrogens is 1. The van der Waals surface area contributed by atoms with Crippen LogP contribution >= 0.6 is 11.6 Å². The Kier molecular flexibility index (Phi) is 10.5. The Morgan fingerprint density at radius 2 is 1.74 bits per heavy atom. The van der Waals surface area contributed by atoms with Crippen LogP contribution < -0.4 is 21.5 Å². The molecule has 0 fully saturated rings. The molecule has 47 heavy (non-hydrogen) atoms. The standard InChI is InChI=1S/C33H29ClF5N5O3/c1-33(2,31(41)46)21-12-25(44-29(27(21)37)19-11-22(34)24(36)13-23(19)35)20(16-7-5-4-6-8-16)15-42-30(45)17-9-18(14-43-32(38)39)28(40)26(10-17)47-3/h4-14,20,32H,15,40H2,1-3H3,(H2,41,46)(H,42,45)/b43-14+. The van der Waals surface area contributed by atoms with Crippen LogP contribution in [0.25, 0.3) is 11.3 Å². The van der Waals surface area contributed by atoms with E-state index in [0.717, 1.165) is 12.3 Å². The Bertz CT molecular complexity index is 1850. The van der Waals surface area contributed by atoms with Crippen molar-refractivity contribution in [2.45, 2.75) is 31.7 Å². The lowest BCUT2D eigenvalue weighted by Gasteiger charge is -2.26. The minimum atomic E-state index is -3.01. The molecule has 14 heteroatoms. The van der Waals surface area contributed by atoms with Crippen LogP contribution in [0, 0.1) is 17.5 Å². The van der Waals surface area contributed by atoms with E-state index in [9.17, 15) is 22.8 Å². The summed E-state index contributed by atoms with van der Waals surface area (Å²) in [7, 11) is 1.28. The Balaban J connectivity index is 1.86. The SMILES string of the molecule is COc1cc(C(=O)NCC(c2ccccc2)c2cc(C(C)(C)C(N)=O)c(F)c(-c3cc(Cl)c(F)cc3F)n2)cc(/C=N/C(F)F)c1N. The van der Waals surface area contributed by atoms with E-state index in [-0.39, 0.29) is 40.4 Å². The molecule has 0 bridgehead atoms. The number of ether oxygens (including phenoxy) is 1. The first-order valence-corrected chi connectivity index (χ1v) is 14.3. The van der Waals surface area contributed by atoms with E-state index < -0.39 is 63.4 Å². The average Bonchev–Trinajstić information content (AvgIpc) is 3.03. The van der Waals surface area contributed by atoms with E-state index in [2.05, 4.69) is 15.3 Å². The first-order chi connectivity index (χ1) is 22.1. The van der Waals surface area contributed by atoms with Crippen molar-refractivity contribution in [3.05, 3.63) is 111 Å². The molecule has 0 aliphatic carbocycles. The van der Waals surface area contributed by atoms with Crippen molar-refractivity contribution in [3.63, 3.8) is 0 Å². The van der Waals surface area contributed by atoms with Gasteiger partial charge in [-0.1, -0.05) is 41.9 Å². The smallest absolute Gasteiger partial charge is 0.331 e. The maximum atomic E-state index is 16.1. The molecule has 0 radical (unpaired) electrons. The second kappa shape index (κ2) is 14.2. The topological polar surface area (TPSA) is 133 Å². The number of aliphatic imine (C=N–C) groups is 1. The number of methoxy groups -OCH3 is 1. The van der Waals surface area contributed by atoms with Crippen molar-refractivity contribution >= 4 is 35.3 Å². The molecule has 246 valence electrons. The lowest BCUT2D eigenvalue weighted by molar-refractivity contribution is -0.122. The van der Waals surface area contributed by atoms with Gasteiger partial charge < -0.3 is 21.5 Å². The Morgan fingerprint density at radius 3 is 2.36 bits per heavy atom. The van der Waals surface area contributed by atoms with E-state index >= 15 is 8.78 Å². The van der Waals surface area contributed by atoms with Gasteiger partial charge in [0.2, 0.25) is 5.91 Å². The highest BCUT2D eigenvalue weighted by molar-refractivity contribution is 6.31. The van der Waals surface area contributed by atoms with Gasteiger partial charge in [-0.15, -0.1) is 0 Å². The zero-order valence-corrected chi connectivity index (χ0v) is 26.0. The summed E-state index contributed by atoms with van der Waals surface area (Å²) in [5.74, 6) is -5.69. The van der Waals surface area contributed by atoms with E-state index in [1.54, 1.807) is 30.3 Å². The first-order valence-electron chi connectivity index (χ1n) is 13.9. The normalized spacial score (nSPS) is 12.4. The summed E-state index contributed by atoms with van der Waals surface area (Å²) in [6.45, 7) is -0.450. The number of nitrogens with two attached hydrogens (primary N) is 2. The molecule has 0 aliphatic rings. The second-order valence-corrected chi connectivity index (χ2v) is 11.3. The minimum Gasteiger partial charge on any atom is -0.495 e. The number of primary amides is 1. The van der Waals surface area contributed by atoms with E-state index in [1.807, 2.05) is 0 Å². The molecule has 1 aromatic heterocycles. The van der Waals surface area contributed by atoms with Crippen molar-refractivity contribution in [3.8, 4) is 17.0 Å². The number of carbonyl (C=O) groups is 2. The van der Waals surface area contributed by atoms with Crippen LogP contribution in [0.4, 0.5) is 27.6 Å². The quantitative estimate of drug-likeness (QED) is 0.0559. The summed E-state index contributed by atoms with van der Waals surface area (Å²) >= 11 is 5.91. The number of hydrogen-bond acceptors (Lipinski definition) is 6. The van der Waals surface area contributed by atoms with Gasteiger partial charge in [-0.05, 0) is 43.7 Å². The van der Waals surface area contributed by atoms with Crippen molar-refractivity contribution in [2.75, 3.05) is 19.4 Å². The highest BCUT2D eigenvalue weighted by Gasteiger charge is 2.35. The monoisotopic (exact) mass is 673 g/mol. The van der Waals surface area contributed by atoms with Crippen molar-refractivity contribution < 1.29 is 36.3 Å². The first kappa shape index (κ1) is 34.8. The maximum absolute atomic E-state index is 16.1. The van der Waals surface area contributed by atoms with Crippen molar-refractivity contribution in [1.82, 2.24) is 10.3 Å². The third-order valence-electron chi connectivity index (χ3n) is 7.54. The van der Waals surface area contributed by atoms with Crippen LogP contribution in [0.3, 0.4) is 0 Å². The summed E-state index contributed by atoms with van der Waals surface area (Å²) in [6, 6.07) is 13.8. The van der Waals surface area contributed by atoms with Gasteiger partial charge in [0.25, 0.3) is 5.91 Å². The second-order valence-electron chi connectivity index (χ2n) is 10.9. The number of alkyl halides is 2. The fourth-order valence-electron chi connectivity index (χ4n) is 4.76. The Labute approximate surface area is 271 Å². The van der Waals surface area contributed by atoms with Crippen LogP contribution in [0.2, 0.25) is 5.02 Å². The molecule has 2 amide bonds. The zero-order valence-electron chi connectivity index (χ0n) is 25.3. The lowest BCUT2D eigenvalue weighted by atomic mass is 9.81. The van der Waals surface area contributed by atoms with Gasteiger partial charge in [0.15, 0.2) is 5.82 Å². The number of nitrogens with zero attached hydrogens (tertiary/aromatic N) is 2. The molecule has 8 nitrogen and oxygen atoms in total. The third-order valence-corrected chi connectivity index (χ3v) is 7.83. The lowest BCUT2D eigenvalue weighted by Crippen LogP contribution is -2.37.